The van der Waals surface area contributed by atoms with Crippen LogP contribution in [0.3, 0.4) is 0 Å². The number of hydrogen-bond acceptors (Lipinski definition) is 6. The molecule has 0 aromatic heterocycles. The summed E-state index contributed by atoms with van der Waals surface area (Å²) in [4.78, 5) is 18.2. The second kappa shape index (κ2) is 7.85. The van der Waals surface area contributed by atoms with Crippen molar-refractivity contribution in [1.82, 2.24) is 4.90 Å². The molecule has 0 aliphatic carbocycles. The van der Waals surface area contributed by atoms with E-state index in [1.807, 2.05) is 31.2 Å². The van der Waals surface area contributed by atoms with Gasteiger partial charge in [-0.2, -0.15) is 0 Å². The summed E-state index contributed by atoms with van der Waals surface area (Å²) < 4.78 is 5.98. The van der Waals surface area contributed by atoms with Gasteiger partial charge in [-0.25, -0.2) is 0 Å². The predicted octanol–water partition coefficient (Wildman–Crippen LogP) is 4.62. The summed E-state index contributed by atoms with van der Waals surface area (Å²) in [5, 5.41) is 1.10. The number of benzene rings is 1. The van der Waals surface area contributed by atoms with E-state index in [1.165, 1.54) is 16.7 Å². The van der Waals surface area contributed by atoms with Crippen LogP contribution in [0.4, 0.5) is 5.69 Å². The number of rotatable bonds is 5. The SMILES string of the molecule is CCCN1C(=O)/C(=C\C=C2/Sc3ccc(OC)cc3N2CC)SC1=S. The average molecular weight is 393 g/mol. The molecule has 0 spiro atoms. The lowest BCUT2D eigenvalue weighted by Gasteiger charge is -2.18. The van der Waals surface area contributed by atoms with E-state index in [-0.39, 0.29) is 5.91 Å². The Labute approximate surface area is 162 Å². The Morgan fingerprint density at radius 2 is 2.00 bits per heavy atom. The summed E-state index contributed by atoms with van der Waals surface area (Å²) in [6.45, 7) is 5.69. The van der Waals surface area contributed by atoms with Crippen molar-refractivity contribution in [3.05, 3.63) is 40.3 Å². The van der Waals surface area contributed by atoms with E-state index >= 15 is 0 Å². The molecule has 0 N–H and O–H groups in total. The van der Waals surface area contributed by atoms with Crippen LogP contribution in [0.2, 0.25) is 0 Å². The minimum absolute atomic E-state index is 0.0129. The van der Waals surface area contributed by atoms with Gasteiger partial charge in [0, 0.05) is 24.1 Å². The van der Waals surface area contributed by atoms with Gasteiger partial charge in [-0.1, -0.05) is 42.7 Å². The smallest absolute Gasteiger partial charge is 0.266 e. The fraction of sp³-hybridized carbons (Fsp3) is 0.333. The highest BCUT2D eigenvalue weighted by atomic mass is 32.2. The van der Waals surface area contributed by atoms with Crippen LogP contribution < -0.4 is 9.64 Å². The van der Waals surface area contributed by atoms with E-state index in [0.29, 0.717) is 15.8 Å². The summed E-state index contributed by atoms with van der Waals surface area (Å²) in [5.41, 5.74) is 1.14. The van der Waals surface area contributed by atoms with Crippen molar-refractivity contribution in [2.75, 3.05) is 25.1 Å². The molecule has 1 saturated heterocycles. The summed E-state index contributed by atoms with van der Waals surface area (Å²) in [5.74, 6) is 0.860. The quantitative estimate of drug-likeness (QED) is 0.537. The molecule has 1 fully saturated rings. The zero-order valence-corrected chi connectivity index (χ0v) is 16.9. The van der Waals surface area contributed by atoms with Crippen LogP contribution in [0.5, 0.6) is 5.75 Å². The van der Waals surface area contributed by atoms with Crippen molar-refractivity contribution < 1.29 is 9.53 Å². The number of thioether (sulfide) groups is 2. The third-order valence-electron chi connectivity index (χ3n) is 3.95. The van der Waals surface area contributed by atoms with E-state index in [4.69, 9.17) is 17.0 Å². The third kappa shape index (κ3) is 3.59. The molecular formula is C18H20N2O2S3. The number of hydrogen-bond donors (Lipinski definition) is 0. The Hall–Kier alpha value is -1.44. The highest BCUT2D eigenvalue weighted by Crippen LogP contribution is 2.47. The third-order valence-corrected chi connectivity index (χ3v) is 6.48. The standard InChI is InChI=1S/C18H20N2O2S3/c1-4-10-20-17(21)15(25-18(20)23)8-9-16-19(5-2)13-11-12(22-3)6-7-14(13)24-16/h6-9,11H,4-5,10H2,1-3H3/b15-8+,16-9-. The van der Waals surface area contributed by atoms with E-state index in [1.54, 1.807) is 23.8 Å². The van der Waals surface area contributed by atoms with Crippen molar-refractivity contribution in [3.63, 3.8) is 0 Å². The van der Waals surface area contributed by atoms with Gasteiger partial charge in [0.05, 0.1) is 22.7 Å². The molecule has 132 valence electrons. The number of amides is 1. The number of carbonyl (C=O) groups excluding carboxylic acids is 1. The first-order chi connectivity index (χ1) is 12.1. The predicted molar refractivity (Wildman–Crippen MR) is 110 cm³/mol. The minimum atomic E-state index is 0.0129. The molecule has 1 aromatic rings. The lowest BCUT2D eigenvalue weighted by molar-refractivity contribution is -0.122. The molecule has 1 amide bonds. The molecule has 2 heterocycles. The number of carbonyl (C=O) groups is 1. The first-order valence-electron chi connectivity index (χ1n) is 8.18. The van der Waals surface area contributed by atoms with Crippen LogP contribution in [0, 0.1) is 0 Å². The Bertz CT molecular complexity index is 774. The van der Waals surface area contributed by atoms with Gasteiger partial charge in [0.15, 0.2) is 0 Å². The number of methoxy groups -OCH3 is 1. The highest BCUT2D eigenvalue weighted by molar-refractivity contribution is 8.26. The van der Waals surface area contributed by atoms with Gasteiger partial charge < -0.3 is 9.64 Å². The number of thiocarbonyl (C=S) groups is 1. The first-order valence-corrected chi connectivity index (χ1v) is 10.2. The second-order valence-corrected chi connectivity index (χ2v) is 8.28. The average Bonchev–Trinajstić information content (AvgIpc) is 3.10. The number of fused-ring (bicyclic) bond motifs is 1. The summed E-state index contributed by atoms with van der Waals surface area (Å²) >= 11 is 8.40. The molecule has 3 rings (SSSR count). The monoisotopic (exact) mass is 392 g/mol. The number of allylic oxidation sites excluding steroid dienone is 2. The van der Waals surface area contributed by atoms with Crippen LogP contribution in [0.1, 0.15) is 20.3 Å². The molecule has 25 heavy (non-hydrogen) atoms. The zero-order valence-electron chi connectivity index (χ0n) is 14.4. The van der Waals surface area contributed by atoms with Crippen molar-refractivity contribution in [3.8, 4) is 5.75 Å². The van der Waals surface area contributed by atoms with E-state index in [9.17, 15) is 4.79 Å². The van der Waals surface area contributed by atoms with Crippen LogP contribution >= 0.6 is 35.7 Å². The molecule has 1 aromatic carbocycles. The summed E-state index contributed by atoms with van der Waals surface area (Å²) in [6.07, 6.45) is 4.80. The maximum atomic E-state index is 12.4. The van der Waals surface area contributed by atoms with E-state index < -0.39 is 0 Å². The topological polar surface area (TPSA) is 32.8 Å². The van der Waals surface area contributed by atoms with Gasteiger partial charge in [-0.05, 0) is 37.6 Å². The Morgan fingerprint density at radius 3 is 2.68 bits per heavy atom. The molecular weight excluding hydrogens is 372 g/mol. The minimum Gasteiger partial charge on any atom is -0.497 e. The first kappa shape index (κ1) is 18.4. The lowest BCUT2D eigenvalue weighted by Crippen LogP contribution is -2.28. The van der Waals surface area contributed by atoms with Crippen molar-refractivity contribution in [2.24, 2.45) is 0 Å². The molecule has 0 bridgehead atoms. The fourth-order valence-corrected chi connectivity index (χ4v) is 5.09. The molecule has 0 unspecified atom stereocenters. The maximum absolute atomic E-state index is 12.4. The van der Waals surface area contributed by atoms with Crippen LogP contribution in [-0.2, 0) is 4.79 Å². The normalized spacial score (nSPS) is 20.1. The van der Waals surface area contributed by atoms with Crippen LogP contribution in [0.15, 0.2) is 45.2 Å². The lowest BCUT2D eigenvalue weighted by atomic mass is 10.2. The molecule has 4 nitrogen and oxygen atoms in total. The van der Waals surface area contributed by atoms with E-state index in [0.717, 1.165) is 29.4 Å². The molecule has 0 radical (unpaired) electrons. The van der Waals surface area contributed by atoms with Crippen LogP contribution in [-0.4, -0.2) is 35.3 Å². The Kier molecular flexibility index (Phi) is 5.76. The molecule has 0 saturated carbocycles. The molecule has 0 atom stereocenters. The highest BCUT2D eigenvalue weighted by Gasteiger charge is 2.31. The number of anilines is 1. The zero-order chi connectivity index (χ0) is 18.0. The van der Waals surface area contributed by atoms with Gasteiger partial charge in [-0.3, -0.25) is 9.69 Å². The van der Waals surface area contributed by atoms with Gasteiger partial charge in [0.2, 0.25) is 0 Å². The van der Waals surface area contributed by atoms with Crippen molar-refractivity contribution >= 4 is 51.7 Å². The van der Waals surface area contributed by atoms with Crippen LogP contribution in [0.25, 0.3) is 0 Å². The van der Waals surface area contributed by atoms with Gasteiger partial charge in [0.1, 0.15) is 10.1 Å². The van der Waals surface area contributed by atoms with Gasteiger partial charge >= 0.3 is 0 Å². The van der Waals surface area contributed by atoms with Crippen molar-refractivity contribution in [1.29, 1.82) is 0 Å². The van der Waals surface area contributed by atoms with Gasteiger partial charge in [-0.15, -0.1) is 0 Å². The molecule has 2 aliphatic rings. The number of ether oxygens (including phenoxy) is 1. The molecule has 2 aliphatic heterocycles. The Balaban J connectivity index is 1.85. The van der Waals surface area contributed by atoms with Crippen molar-refractivity contribution in [2.45, 2.75) is 25.2 Å². The van der Waals surface area contributed by atoms with Gasteiger partial charge in [0.25, 0.3) is 5.91 Å². The largest absolute Gasteiger partial charge is 0.497 e. The fourth-order valence-electron chi connectivity index (χ4n) is 2.74. The number of nitrogens with zero attached hydrogens (tertiary/aromatic N) is 2. The second-order valence-electron chi connectivity index (χ2n) is 5.54. The summed E-state index contributed by atoms with van der Waals surface area (Å²) in [7, 11) is 1.68. The Morgan fingerprint density at radius 1 is 1.20 bits per heavy atom. The summed E-state index contributed by atoms with van der Waals surface area (Å²) in [6, 6.07) is 6.09. The molecule has 7 heteroatoms. The van der Waals surface area contributed by atoms with E-state index in [2.05, 4.69) is 17.9 Å². The maximum Gasteiger partial charge on any atom is 0.266 e.